The molecule has 1 atom stereocenters. The lowest BCUT2D eigenvalue weighted by Crippen LogP contribution is -2.29. The molecule has 3 aromatic rings. The molecule has 0 aromatic heterocycles. The van der Waals surface area contributed by atoms with E-state index in [-0.39, 0.29) is 16.8 Å². The summed E-state index contributed by atoms with van der Waals surface area (Å²) >= 11 is 0. The molecule has 6 nitrogen and oxygen atoms in total. The third-order valence-corrected chi connectivity index (χ3v) is 6.36. The van der Waals surface area contributed by atoms with Crippen molar-refractivity contribution >= 4 is 21.6 Å². The van der Waals surface area contributed by atoms with Gasteiger partial charge in [-0.1, -0.05) is 50.2 Å². The van der Waals surface area contributed by atoms with Crippen LogP contribution in [0, 0.1) is 5.92 Å². The monoisotopic (exact) mass is 452 g/mol. The lowest BCUT2D eigenvalue weighted by atomic mass is 9.96. The van der Waals surface area contributed by atoms with Gasteiger partial charge in [0, 0.05) is 11.3 Å². The highest BCUT2D eigenvalue weighted by Crippen LogP contribution is 2.25. The number of methoxy groups -OCH3 is 1. The molecular weight excluding hydrogens is 424 g/mol. The standard InChI is InChI=1S/C25H28N2O4S/c1-18(2)16-24(19-12-14-22(31-3)15-13-19)26-25(28)20-8-7-9-21(17-20)27-32(29,30)23-10-5-4-6-11-23/h4-15,17-18,24,27H,16H2,1-3H3,(H,26,28). The van der Waals surface area contributed by atoms with Gasteiger partial charge in [0.15, 0.2) is 0 Å². The summed E-state index contributed by atoms with van der Waals surface area (Å²) in [6.45, 7) is 4.20. The largest absolute Gasteiger partial charge is 0.497 e. The summed E-state index contributed by atoms with van der Waals surface area (Å²) in [5.74, 6) is 0.848. The second-order valence-electron chi connectivity index (χ2n) is 7.93. The highest BCUT2D eigenvalue weighted by Gasteiger charge is 2.19. The van der Waals surface area contributed by atoms with Gasteiger partial charge in [0.2, 0.25) is 0 Å². The van der Waals surface area contributed by atoms with E-state index in [9.17, 15) is 13.2 Å². The van der Waals surface area contributed by atoms with Crippen LogP contribution in [0.5, 0.6) is 5.75 Å². The van der Waals surface area contributed by atoms with Gasteiger partial charge in [-0.05, 0) is 60.4 Å². The number of carbonyl (C=O) groups is 1. The fourth-order valence-electron chi connectivity index (χ4n) is 3.37. The Morgan fingerprint density at radius 1 is 0.938 bits per heavy atom. The number of hydrogen-bond donors (Lipinski definition) is 2. The summed E-state index contributed by atoms with van der Waals surface area (Å²) in [5.41, 5.74) is 1.68. The third-order valence-electron chi connectivity index (χ3n) is 4.96. The molecule has 2 N–H and O–H groups in total. The summed E-state index contributed by atoms with van der Waals surface area (Å²) in [6, 6.07) is 22.0. The predicted octanol–water partition coefficient (Wildman–Crippen LogP) is 5.01. The average Bonchev–Trinajstić information content (AvgIpc) is 2.79. The second-order valence-corrected chi connectivity index (χ2v) is 9.61. The Balaban J connectivity index is 1.78. The van der Waals surface area contributed by atoms with Crippen molar-refractivity contribution in [2.24, 2.45) is 5.92 Å². The first-order valence-corrected chi connectivity index (χ1v) is 11.9. The fraction of sp³-hybridized carbons (Fsp3) is 0.240. The number of hydrogen-bond acceptors (Lipinski definition) is 4. The quantitative estimate of drug-likeness (QED) is 0.478. The molecule has 0 bridgehead atoms. The number of sulfonamides is 1. The van der Waals surface area contributed by atoms with E-state index in [1.165, 1.54) is 18.2 Å². The van der Waals surface area contributed by atoms with E-state index in [2.05, 4.69) is 23.9 Å². The minimum Gasteiger partial charge on any atom is -0.497 e. The summed E-state index contributed by atoms with van der Waals surface area (Å²) in [7, 11) is -2.13. The summed E-state index contributed by atoms with van der Waals surface area (Å²) in [6.07, 6.45) is 0.762. The molecule has 3 aromatic carbocycles. The number of ether oxygens (including phenoxy) is 1. The lowest BCUT2D eigenvalue weighted by molar-refractivity contribution is 0.0932. The van der Waals surface area contributed by atoms with Crippen LogP contribution in [0.1, 0.15) is 42.2 Å². The number of carbonyl (C=O) groups excluding carboxylic acids is 1. The molecule has 168 valence electrons. The Hall–Kier alpha value is -3.32. The Morgan fingerprint density at radius 2 is 1.62 bits per heavy atom. The molecular formula is C25H28N2O4S. The van der Waals surface area contributed by atoms with Crippen LogP contribution in [0.15, 0.2) is 83.8 Å². The first-order valence-electron chi connectivity index (χ1n) is 10.4. The van der Waals surface area contributed by atoms with Crippen LogP contribution in [-0.4, -0.2) is 21.4 Å². The molecule has 32 heavy (non-hydrogen) atoms. The zero-order valence-electron chi connectivity index (χ0n) is 18.4. The van der Waals surface area contributed by atoms with Gasteiger partial charge in [0.05, 0.1) is 18.0 Å². The van der Waals surface area contributed by atoms with Gasteiger partial charge in [0.25, 0.3) is 15.9 Å². The summed E-state index contributed by atoms with van der Waals surface area (Å²) in [5, 5.41) is 3.08. The van der Waals surface area contributed by atoms with Crippen LogP contribution < -0.4 is 14.8 Å². The molecule has 0 aliphatic carbocycles. The van der Waals surface area contributed by atoms with Crippen molar-refractivity contribution in [2.75, 3.05) is 11.8 Å². The van der Waals surface area contributed by atoms with E-state index in [1.54, 1.807) is 43.5 Å². The van der Waals surface area contributed by atoms with E-state index in [4.69, 9.17) is 4.74 Å². The van der Waals surface area contributed by atoms with Gasteiger partial charge in [0.1, 0.15) is 5.75 Å². The molecule has 7 heteroatoms. The molecule has 0 spiro atoms. The SMILES string of the molecule is COc1ccc(C(CC(C)C)NC(=O)c2cccc(NS(=O)(=O)c3ccccc3)c2)cc1. The number of anilines is 1. The van der Waals surface area contributed by atoms with E-state index in [1.807, 2.05) is 24.3 Å². The first kappa shape index (κ1) is 23.3. The maximum Gasteiger partial charge on any atom is 0.261 e. The molecule has 0 aliphatic rings. The van der Waals surface area contributed by atoms with Crippen molar-refractivity contribution < 1.29 is 17.9 Å². The van der Waals surface area contributed by atoms with Crippen LogP contribution in [0.25, 0.3) is 0 Å². The third kappa shape index (κ3) is 6.11. The van der Waals surface area contributed by atoms with E-state index < -0.39 is 10.0 Å². The normalized spacial score (nSPS) is 12.2. The highest BCUT2D eigenvalue weighted by molar-refractivity contribution is 7.92. The molecule has 0 saturated carbocycles. The second kappa shape index (κ2) is 10.3. The first-order chi connectivity index (χ1) is 15.3. The molecule has 0 fully saturated rings. The summed E-state index contributed by atoms with van der Waals surface area (Å²) < 4.78 is 33.0. The van der Waals surface area contributed by atoms with Gasteiger partial charge in [-0.3, -0.25) is 9.52 Å². The van der Waals surface area contributed by atoms with Crippen molar-refractivity contribution in [3.8, 4) is 5.75 Å². The topological polar surface area (TPSA) is 84.5 Å². The minimum absolute atomic E-state index is 0.159. The van der Waals surface area contributed by atoms with E-state index in [0.717, 1.165) is 17.7 Å². The van der Waals surface area contributed by atoms with Crippen molar-refractivity contribution in [1.82, 2.24) is 5.32 Å². The number of benzene rings is 3. The Labute approximate surface area is 189 Å². The maximum atomic E-state index is 13.0. The van der Waals surface area contributed by atoms with Crippen LogP contribution in [0.3, 0.4) is 0 Å². The van der Waals surface area contributed by atoms with Crippen LogP contribution in [0.2, 0.25) is 0 Å². The number of nitrogens with one attached hydrogen (secondary N) is 2. The molecule has 0 saturated heterocycles. The Kier molecular flexibility index (Phi) is 7.53. The molecule has 1 unspecified atom stereocenters. The van der Waals surface area contributed by atoms with Crippen LogP contribution in [0.4, 0.5) is 5.69 Å². The molecule has 0 radical (unpaired) electrons. The van der Waals surface area contributed by atoms with Gasteiger partial charge < -0.3 is 10.1 Å². The predicted molar refractivity (Wildman–Crippen MR) is 126 cm³/mol. The van der Waals surface area contributed by atoms with Gasteiger partial charge >= 0.3 is 0 Å². The van der Waals surface area contributed by atoms with Gasteiger partial charge in [-0.2, -0.15) is 0 Å². The average molecular weight is 453 g/mol. The van der Waals surface area contributed by atoms with Crippen molar-refractivity contribution in [3.63, 3.8) is 0 Å². The number of amides is 1. The number of rotatable bonds is 9. The van der Waals surface area contributed by atoms with E-state index >= 15 is 0 Å². The van der Waals surface area contributed by atoms with Crippen molar-refractivity contribution in [3.05, 3.63) is 90.0 Å². The zero-order valence-corrected chi connectivity index (χ0v) is 19.2. The molecule has 3 rings (SSSR count). The molecule has 1 amide bonds. The van der Waals surface area contributed by atoms with E-state index in [0.29, 0.717) is 17.2 Å². The highest BCUT2D eigenvalue weighted by atomic mass is 32.2. The van der Waals surface area contributed by atoms with Crippen molar-refractivity contribution in [1.29, 1.82) is 0 Å². The zero-order chi connectivity index (χ0) is 23.1. The molecule has 0 aliphatic heterocycles. The van der Waals surface area contributed by atoms with Crippen molar-refractivity contribution in [2.45, 2.75) is 31.2 Å². The smallest absolute Gasteiger partial charge is 0.261 e. The Bertz CT molecular complexity index is 1140. The van der Waals surface area contributed by atoms with Crippen LogP contribution >= 0.6 is 0 Å². The summed E-state index contributed by atoms with van der Waals surface area (Å²) in [4.78, 5) is 13.2. The lowest BCUT2D eigenvalue weighted by Gasteiger charge is -2.22. The minimum atomic E-state index is -3.74. The molecule has 0 heterocycles. The maximum absolute atomic E-state index is 13.0. The van der Waals surface area contributed by atoms with Gasteiger partial charge in [-0.25, -0.2) is 8.42 Å². The fourth-order valence-corrected chi connectivity index (χ4v) is 4.44. The Morgan fingerprint density at radius 3 is 2.25 bits per heavy atom. The van der Waals surface area contributed by atoms with Gasteiger partial charge in [-0.15, -0.1) is 0 Å². The van der Waals surface area contributed by atoms with Crippen LogP contribution in [-0.2, 0) is 10.0 Å².